The molecule has 0 aliphatic carbocycles. The zero-order chi connectivity index (χ0) is 18.5. The van der Waals surface area contributed by atoms with Crippen LogP contribution in [0.5, 0.6) is 5.75 Å². The molecular formula is C18H15BrN4O2S. The average Bonchev–Trinajstić information content (AvgIpc) is 3.02. The van der Waals surface area contributed by atoms with Crippen molar-refractivity contribution in [3.05, 3.63) is 76.5 Å². The van der Waals surface area contributed by atoms with Gasteiger partial charge in [-0.05, 0) is 58.0 Å². The number of benzene rings is 2. The van der Waals surface area contributed by atoms with E-state index in [4.69, 9.17) is 12.2 Å². The van der Waals surface area contributed by atoms with Crippen LogP contribution in [0.15, 0.2) is 65.4 Å². The normalized spacial score (nSPS) is 10.3. The third-order valence-corrected chi connectivity index (χ3v) is 4.16. The SMILES string of the molecule is O=C(NC(=S)Nc1ccccc1O)c1ccc(Cn2cc(Br)cn2)cc1. The van der Waals surface area contributed by atoms with E-state index in [-0.39, 0.29) is 16.8 Å². The summed E-state index contributed by atoms with van der Waals surface area (Å²) in [7, 11) is 0. The molecule has 0 spiro atoms. The molecule has 0 atom stereocenters. The van der Waals surface area contributed by atoms with Crippen LogP contribution in [0.3, 0.4) is 0 Å². The van der Waals surface area contributed by atoms with Gasteiger partial charge in [-0.1, -0.05) is 24.3 Å². The number of nitrogens with zero attached hydrogens (tertiary/aromatic N) is 2. The number of amides is 1. The van der Waals surface area contributed by atoms with Gasteiger partial charge in [0.25, 0.3) is 5.91 Å². The first kappa shape index (κ1) is 18.1. The number of aromatic hydroxyl groups is 1. The second-order valence-corrected chi connectivity index (χ2v) is 6.80. The Kier molecular flexibility index (Phi) is 5.65. The number of anilines is 1. The van der Waals surface area contributed by atoms with Crippen molar-refractivity contribution in [2.75, 3.05) is 5.32 Å². The van der Waals surface area contributed by atoms with Crippen molar-refractivity contribution in [1.82, 2.24) is 15.1 Å². The number of phenolic OH excluding ortho intramolecular Hbond substituents is 1. The average molecular weight is 431 g/mol. The van der Waals surface area contributed by atoms with E-state index < -0.39 is 0 Å². The lowest BCUT2D eigenvalue weighted by atomic mass is 10.1. The zero-order valence-electron chi connectivity index (χ0n) is 13.5. The monoisotopic (exact) mass is 430 g/mol. The zero-order valence-corrected chi connectivity index (χ0v) is 15.9. The summed E-state index contributed by atoms with van der Waals surface area (Å²) in [5.74, 6) is -0.273. The van der Waals surface area contributed by atoms with E-state index in [0.29, 0.717) is 17.8 Å². The van der Waals surface area contributed by atoms with Crippen LogP contribution in [0.4, 0.5) is 5.69 Å². The number of aromatic nitrogens is 2. The summed E-state index contributed by atoms with van der Waals surface area (Å²) >= 11 is 8.47. The number of carbonyl (C=O) groups excluding carboxylic acids is 1. The molecule has 0 aliphatic rings. The second kappa shape index (κ2) is 8.11. The molecule has 0 aliphatic heterocycles. The van der Waals surface area contributed by atoms with Crippen LogP contribution >= 0.6 is 28.1 Å². The Hall–Kier alpha value is -2.71. The number of para-hydroxylation sites is 2. The molecule has 6 nitrogen and oxygen atoms in total. The van der Waals surface area contributed by atoms with Crippen LogP contribution in [-0.2, 0) is 6.54 Å². The summed E-state index contributed by atoms with van der Waals surface area (Å²) in [5.41, 5.74) is 1.93. The van der Waals surface area contributed by atoms with Gasteiger partial charge in [0, 0.05) is 11.8 Å². The molecule has 0 radical (unpaired) electrons. The quantitative estimate of drug-likeness (QED) is 0.435. The molecule has 0 saturated carbocycles. The number of rotatable bonds is 4. The summed E-state index contributed by atoms with van der Waals surface area (Å²) in [4.78, 5) is 12.3. The van der Waals surface area contributed by atoms with Gasteiger partial charge in [0.05, 0.1) is 22.9 Å². The van der Waals surface area contributed by atoms with Gasteiger partial charge in [-0.3, -0.25) is 14.8 Å². The van der Waals surface area contributed by atoms with Crippen molar-refractivity contribution >= 4 is 44.9 Å². The molecule has 0 fully saturated rings. The predicted octanol–water partition coefficient (Wildman–Crippen LogP) is 3.53. The molecule has 1 heterocycles. The number of thiocarbonyl (C=S) groups is 1. The second-order valence-electron chi connectivity index (χ2n) is 5.48. The molecule has 0 saturated heterocycles. The van der Waals surface area contributed by atoms with Gasteiger partial charge in [0.15, 0.2) is 5.11 Å². The fourth-order valence-electron chi connectivity index (χ4n) is 2.28. The number of carbonyl (C=O) groups is 1. The van der Waals surface area contributed by atoms with E-state index in [2.05, 4.69) is 31.7 Å². The maximum atomic E-state index is 12.3. The summed E-state index contributed by atoms with van der Waals surface area (Å²) < 4.78 is 2.71. The Morgan fingerprint density at radius 3 is 2.58 bits per heavy atom. The highest BCUT2D eigenvalue weighted by atomic mass is 79.9. The Labute approximate surface area is 164 Å². The molecular weight excluding hydrogens is 416 g/mol. The lowest BCUT2D eigenvalue weighted by Crippen LogP contribution is -2.34. The van der Waals surface area contributed by atoms with Crippen molar-refractivity contribution in [2.24, 2.45) is 0 Å². The predicted molar refractivity (Wildman–Crippen MR) is 107 cm³/mol. The minimum atomic E-state index is -0.327. The number of hydrogen-bond donors (Lipinski definition) is 3. The summed E-state index contributed by atoms with van der Waals surface area (Å²) in [5, 5.41) is 19.4. The van der Waals surface area contributed by atoms with Crippen LogP contribution < -0.4 is 10.6 Å². The van der Waals surface area contributed by atoms with Crippen LogP contribution in [0, 0.1) is 0 Å². The van der Waals surface area contributed by atoms with Crippen molar-refractivity contribution in [1.29, 1.82) is 0 Å². The summed E-state index contributed by atoms with van der Waals surface area (Å²) in [6, 6.07) is 13.8. The summed E-state index contributed by atoms with van der Waals surface area (Å²) in [6.07, 6.45) is 3.60. The molecule has 132 valence electrons. The first-order valence-corrected chi connectivity index (χ1v) is 8.88. The van der Waals surface area contributed by atoms with Crippen molar-refractivity contribution in [3.8, 4) is 5.75 Å². The smallest absolute Gasteiger partial charge is 0.257 e. The van der Waals surface area contributed by atoms with Crippen molar-refractivity contribution in [3.63, 3.8) is 0 Å². The minimum absolute atomic E-state index is 0.0544. The van der Waals surface area contributed by atoms with E-state index in [1.165, 1.54) is 6.07 Å². The van der Waals surface area contributed by atoms with Crippen LogP contribution in [0.25, 0.3) is 0 Å². The molecule has 1 aromatic heterocycles. The van der Waals surface area contributed by atoms with E-state index in [1.807, 2.05) is 18.3 Å². The molecule has 3 aromatic rings. The van der Waals surface area contributed by atoms with E-state index in [9.17, 15) is 9.90 Å². The Bertz CT molecular complexity index is 940. The first-order valence-electron chi connectivity index (χ1n) is 7.68. The van der Waals surface area contributed by atoms with Gasteiger partial charge in [-0.15, -0.1) is 0 Å². The van der Waals surface area contributed by atoms with Crippen molar-refractivity contribution < 1.29 is 9.90 Å². The highest BCUT2D eigenvalue weighted by molar-refractivity contribution is 9.10. The van der Waals surface area contributed by atoms with Crippen molar-refractivity contribution in [2.45, 2.75) is 6.54 Å². The molecule has 1 amide bonds. The van der Waals surface area contributed by atoms with Crippen LogP contribution in [0.2, 0.25) is 0 Å². The molecule has 3 N–H and O–H groups in total. The Morgan fingerprint density at radius 1 is 1.19 bits per heavy atom. The van der Waals surface area contributed by atoms with Crippen LogP contribution in [-0.4, -0.2) is 25.9 Å². The van der Waals surface area contributed by atoms with Gasteiger partial charge in [-0.2, -0.15) is 5.10 Å². The molecule has 26 heavy (non-hydrogen) atoms. The maximum Gasteiger partial charge on any atom is 0.257 e. The van der Waals surface area contributed by atoms with E-state index in [1.54, 1.807) is 41.2 Å². The topological polar surface area (TPSA) is 79.2 Å². The fraction of sp³-hybridized carbons (Fsp3) is 0.0556. The Balaban J connectivity index is 1.59. The molecule has 2 aromatic carbocycles. The maximum absolute atomic E-state index is 12.3. The van der Waals surface area contributed by atoms with E-state index in [0.717, 1.165) is 10.0 Å². The minimum Gasteiger partial charge on any atom is -0.506 e. The highest BCUT2D eigenvalue weighted by Gasteiger charge is 2.09. The van der Waals surface area contributed by atoms with Crippen LogP contribution in [0.1, 0.15) is 15.9 Å². The standard InChI is InChI=1S/C18H15BrN4O2S/c19-14-9-20-23(11-14)10-12-5-7-13(8-6-12)17(25)22-18(26)21-15-3-1-2-4-16(15)24/h1-9,11,24H,10H2,(H2,21,22,25,26). The lowest BCUT2D eigenvalue weighted by Gasteiger charge is -2.11. The van der Waals surface area contributed by atoms with Gasteiger partial charge in [0.1, 0.15) is 5.75 Å². The largest absolute Gasteiger partial charge is 0.506 e. The highest BCUT2D eigenvalue weighted by Crippen LogP contribution is 2.21. The summed E-state index contributed by atoms with van der Waals surface area (Å²) in [6.45, 7) is 0.612. The van der Waals surface area contributed by atoms with Gasteiger partial charge < -0.3 is 10.4 Å². The van der Waals surface area contributed by atoms with E-state index >= 15 is 0 Å². The lowest BCUT2D eigenvalue weighted by molar-refractivity contribution is 0.0977. The fourth-order valence-corrected chi connectivity index (χ4v) is 2.81. The first-order chi connectivity index (χ1) is 12.5. The van der Waals surface area contributed by atoms with Gasteiger partial charge in [-0.25, -0.2) is 0 Å². The number of halogens is 1. The molecule has 0 unspecified atom stereocenters. The molecule has 3 rings (SSSR count). The number of phenols is 1. The third kappa shape index (κ3) is 4.68. The molecule has 0 bridgehead atoms. The third-order valence-electron chi connectivity index (χ3n) is 3.54. The Morgan fingerprint density at radius 2 is 1.92 bits per heavy atom. The molecule has 8 heteroatoms. The number of nitrogens with one attached hydrogen (secondary N) is 2. The number of hydrogen-bond acceptors (Lipinski definition) is 4. The van der Waals surface area contributed by atoms with Gasteiger partial charge >= 0.3 is 0 Å². The van der Waals surface area contributed by atoms with Gasteiger partial charge in [0.2, 0.25) is 0 Å².